The lowest BCUT2D eigenvalue weighted by Crippen LogP contribution is -2.07. The van der Waals surface area contributed by atoms with Crippen molar-refractivity contribution in [2.75, 3.05) is 6.61 Å². The monoisotopic (exact) mass is 156 g/mol. The van der Waals surface area contributed by atoms with Gasteiger partial charge in [-0.2, -0.15) is 0 Å². The second-order valence-corrected chi connectivity index (χ2v) is 2.51. The highest BCUT2D eigenvalue weighted by Gasteiger charge is 2.05. The topological polar surface area (TPSA) is 26.3 Å². The molecule has 0 aromatic carbocycles. The Labute approximate surface area is 68.2 Å². The maximum atomic E-state index is 10.9. The minimum Gasteiger partial charge on any atom is -0.466 e. The van der Waals surface area contributed by atoms with Gasteiger partial charge in [-0.1, -0.05) is 19.1 Å². The fourth-order valence-electron chi connectivity index (χ4n) is 0.879. The van der Waals surface area contributed by atoms with Gasteiger partial charge in [0.1, 0.15) is 0 Å². The molecule has 2 heteroatoms. The van der Waals surface area contributed by atoms with Crippen LogP contribution in [0, 0.1) is 5.92 Å². The average molecular weight is 156 g/mol. The Morgan fingerprint density at radius 1 is 1.64 bits per heavy atom. The number of allylic oxidation sites excluding steroid dienone is 2. The van der Waals surface area contributed by atoms with Gasteiger partial charge in [-0.15, -0.1) is 0 Å². The predicted octanol–water partition coefficient (Wildman–Crippen LogP) is 2.15. The molecule has 0 rings (SSSR count). The quantitative estimate of drug-likeness (QED) is 0.460. The first-order chi connectivity index (χ1) is 5.20. The van der Waals surface area contributed by atoms with Gasteiger partial charge in [0.15, 0.2) is 0 Å². The fourth-order valence-corrected chi connectivity index (χ4v) is 0.879. The molecule has 0 aromatic heterocycles. The normalized spacial score (nSPS) is 13.4. The first-order valence-electron chi connectivity index (χ1n) is 3.99. The largest absolute Gasteiger partial charge is 0.466 e. The van der Waals surface area contributed by atoms with E-state index in [9.17, 15) is 4.79 Å². The lowest BCUT2D eigenvalue weighted by atomic mass is 10.1. The summed E-state index contributed by atoms with van der Waals surface area (Å²) in [5.74, 6) is 0.178. The lowest BCUT2D eigenvalue weighted by molar-refractivity contribution is -0.143. The molecule has 1 unspecified atom stereocenters. The fraction of sp³-hybridized carbons (Fsp3) is 0.667. The zero-order chi connectivity index (χ0) is 8.69. The first-order valence-corrected chi connectivity index (χ1v) is 3.99. The van der Waals surface area contributed by atoms with E-state index in [4.69, 9.17) is 4.74 Å². The van der Waals surface area contributed by atoms with Crippen molar-refractivity contribution >= 4 is 5.97 Å². The summed E-state index contributed by atoms with van der Waals surface area (Å²) in [7, 11) is 0. The molecular formula is C9H16O2. The van der Waals surface area contributed by atoms with Crippen LogP contribution < -0.4 is 0 Å². The summed E-state index contributed by atoms with van der Waals surface area (Å²) in [6.45, 7) is 6.23. The summed E-state index contributed by atoms with van der Waals surface area (Å²) in [6, 6.07) is 0. The standard InChI is InChI=1S/C9H16O2/c1-4-6-8(3)7-9(10)11-5-2/h4,6,8H,5,7H2,1-3H3. The maximum Gasteiger partial charge on any atom is 0.306 e. The van der Waals surface area contributed by atoms with Crippen LogP contribution in [0.4, 0.5) is 0 Å². The molecule has 0 aromatic rings. The van der Waals surface area contributed by atoms with Crippen LogP contribution in [0.25, 0.3) is 0 Å². The van der Waals surface area contributed by atoms with E-state index < -0.39 is 0 Å². The molecule has 11 heavy (non-hydrogen) atoms. The molecule has 0 spiro atoms. The van der Waals surface area contributed by atoms with Crippen molar-refractivity contribution in [1.29, 1.82) is 0 Å². The highest BCUT2D eigenvalue weighted by molar-refractivity contribution is 5.69. The molecule has 0 bridgehead atoms. The summed E-state index contributed by atoms with van der Waals surface area (Å²) in [5, 5.41) is 0. The van der Waals surface area contributed by atoms with Crippen molar-refractivity contribution in [2.45, 2.75) is 27.2 Å². The third-order valence-electron chi connectivity index (χ3n) is 1.31. The Bertz CT molecular complexity index is 138. The summed E-state index contributed by atoms with van der Waals surface area (Å²) in [5.41, 5.74) is 0. The van der Waals surface area contributed by atoms with Crippen LogP contribution in [0.5, 0.6) is 0 Å². The average Bonchev–Trinajstić information content (AvgIpc) is 1.87. The van der Waals surface area contributed by atoms with E-state index in [1.165, 1.54) is 0 Å². The SMILES string of the molecule is CC=CC(C)CC(=O)OCC. The molecule has 0 aliphatic carbocycles. The molecule has 0 saturated heterocycles. The molecule has 0 radical (unpaired) electrons. The van der Waals surface area contributed by atoms with Crippen molar-refractivity contribution in [1.82, 2.24) is 0 Å². The Hall–Kier alpha value is -0.790. The highest BCUT2D eigenvalue weighted by atomic mass is 16.5. The van der Waals surface area contributed by atoms with Crippen molar-refractivity contribution in [3.05, 3.63) is 12.2 Å². The second-order valence-electron chi connectivity index (χ2n) is 2.51. The Morgan fingerprint density at radius 3 is 2.73 bits per heavy atom. The zero-order valence-corrected chi connectivity index (χ0v) is 7.46. The van der Waals surface area contributed by atoms with Crippen LogP contribution in [0.2, 0.25) is 0 Å². The number of hydrogen-bond donors (Lipinski definition) is 0. The van der Waals surface area contributed by atoms with Crippen LogP contribution in [0.15, 0.2) is 12.2 Å². The van der Waals surface area contributed by atoms with Gasteiger partial charge in [-0.3, -0.25) is 4.79 Å². The molecule has 0 fully saturated rings. The number of esters is 1. The van der Waals surface area contributed by atoms with E-state index in [0.717, 1.165) is 0 Å². The van der Waals surface area contributed by atoms with Crippen molar-refractivity contribution in [3.63, 3.8) is 0 Å². The highest BCUT2D eigenvalue weighted by Crippen LogP contribution is 2.04. The van der Waals surface area contributed by atoms with E-state index in [2.05, 4.69) is 0 Å². The van der Waals surface area contributed by atoms with E-state index in [-0.39, 0.29) is 5.97 Å². The zero-order valence-electron chi connectivity index (χ0n) is 7.46. The molecule has 0 aliphatic rings. The van der Waals surface area contributed by atoms with Crippen LogP contribution in [-0.2, 0) is 9.53 Å². The van der Waals surface area contributed by atoms with E-state index >= 15 is 0 Å². The molecule has 64 valence electrons. The van der Waals surface area contributed by atoms with Crippen LogP contribution in [0.1, 0.15) is 27.2 Å². The molecular weight excluding hydrogens is 140 g/mol. The third-order valence-corrected chi connectivity index (χ3v) is 1.31. The number of rotatable bonds is 4. The van der Waals surface area contributed by atoms with Gasteiger partial charge in [0, 0.05) is 0 Å². The van der Waals surface area contributed by atoms with Gasteiger partial charge >= 0.3 is 5.97 Å². The van der Waals surface area contributed by atoms with E-state index in [1.54, 1.807) is 0 Å². The third kappa shape index (κ3) is 5.64. The van der Waals surface area contributed by atoms with Gasteiger partial charge in [-0.05, 0) is 19.8 Å². The lowest BCUT2D eigenvalue weighted by Gasteiger charge is -2.04. The van der Waals surface area contributed by atoms with Crippen molar-refractivity contribution < 1.29 is 9.53 Å². The molecule has 0 saturated carbocycles. The van der Waals surface area contributed by atoms with Crippen molar-refractivity contribution in [3.8, 4) is 0 Å². The van der Waals surface area contributed by atoms with Crippen LogP contribution in [-0.4, -0.2) is 12.6 Å². The predicted molar refractivity (Wildman–Crippen MR) is 45.2 cm³/mol. The molecule has 1 atom stereocenters. The molecule has 0 heterocycles. The Kier molecular flexibility index (Phi) is 5.53. The van der Waals surface area contributed by atoms with Gasteiger partial charge in [0.25, 0.3) is 0 Å². The molecule has 0 amide bonds. The van der Waals surface area contributed by atoms with E-state index in [1.807, 2.05) is 32.9 Å². The van der Waals surface area contributed by atoms with Crippen molar-refractivity contribution in [2.24, 2.45) is 5.92 Å². The number of ether oxygens (including phenoxy) is 1. The first kappa shape index (κ1) is 10.2. The maximum absolute atomic E-state index is 10.9. The van der Waals surface area contributed by atoms with Crippen LogP contribution in [0.3, 0.4) is 0 Å². The Morgan fingerprint density at radius 2 is 2.27 bits per heavy atom. The second kappa shape index (κ2) is 5.96. The minimum atomic E-state index is -0.113. The molecule has 2 nitrogen and oxygen atoms in total. The van der Waals surface area contributed by atoms with Gasteiger partial charge < -0.3 is 4.74 Å². The summed E-state index contributed by atoms with van der Waals surface area (Å²) >= 11 is 0. The molecule has 0 aliphatic heterocycles. The summed E-state index contributed by atoms with van der Waals surface area (Å²) in [4.78, 5) is 10.9. The smallest absolute Gasteiger partial charge is 0.306 e. The minimum absolute atomic E-state index is 0.113. The van der Waals surface area contributed by atoms with Gasteiger partial charge in [-0.25, -0.2) is 0 Å². The number of carbonyl (C=O) groups excluding carboxylic acids is 1. The molecule has 0 N–H and O–H groups in total. The van der Waals surface area contributed by atoms with Gasteiger partial charge in [0.2, 0.25) is 0 Å². The van der Waals surface area contributed by atoms with Crippen LogP contribution >= 0.6 is 0 Å². The summed E-state index contributed by atoms with van der Waals surface area (Å²) < 4.78 is 4.79. The number of hydrogen-bond acceptors (Lipinski definition) is 2. The summed E-state index contributed by atoms with van der Waals surface area (Å²) in [6.07, 6.45) is 4.43. The Balaban J connectivity index is 3.57. The van der Waals surface area contributed by atoms with Gasteiger partial charge in [0.05, 0.1) is 13.0 Å². The number of carbonyl (C=O) groups is 1. The van der Waals surface area contributed by atoms with E-state index in [0.29, 0.717) is 18.9 Å².